The fourth-order valence-electron chi connectivity index (χ4n) is 1.51. The van der Waals surface area contributed by atoms with E-state index in [1.54, 1.807) is 12.1 Å². The summed E-state index contributed by atoms with van der Waals surface area (Å²) in [5.74, 6) is 0. The van der Waals surface area contributed by atoms with E-state index in [-0.39, 0.29) is 0 Å². The van der Waals surface area contributed by atoms with E-state index in [0.717, 1.165) is 22.6 Å². The number of anilines is 3. The van der Waals surface area contributed by atoms with E-state index in [2.05, 4.69) is 11.4 Å². The van der Waals surface area contributed by atoms with E-state index < -0.39 is 0 Å². The van der Waals surface area contributed by atoms with Crippen LogP contribution >= 0.6 is 0 Å². The van der Waals surface area contributed by atoms with Gasteiger partial charge in [0.25, 0.3) is 0 Å². The van der Waals surface area contributed by atoms with Crippen molar-refractivity contribution >= 4 is 17.1 Å². The standard InChI is InChI=1S/C14H13N3/c1-10-2-5-13(8-14(10)16)17-12-6-3-11(9-15)4-7-12/h2-8,17H,16H2,1H3. The van der Waals surface area contributed by atoms with Crippen LogP contribution in [-0.2, 0) is 0 Å². The lowest BCUT2D eigenvalue weighted by Crippen LogP contribution is -1.94. The van der Waals surface area contributed by atoms with Gasteiger partial charge < -0.3 is 11.1 Å². The molecular weight excluding hydrogens is 210 g/mol. The molecule has 3 heteroatoms. The minimum Gasteiger partial charge on any atom is -0.398 e. The molecule has 84 valence electrons. The minimum absolute atomic E-state index is 0.652. The number of nitriles is 1. The molecule has 0 aliphatic heterocycles. The van der Waals surface area contributed by atoms with Gasteiger partial charge in [0.05, 0.1) is 11.6 Å². The predicted molar refractivity (Wildman–Crippen MR) is 70.0 cm³/mol. The highest BCUT2D eigenvalue weighted by Gasteiger charge is 1.98. The van der Waals surface area contributed by atoms with Crippen molar-refractivity contribution in [1.29, 1.82) is 5.26 Å². The highest BCUT2D eigenvalue weighted by Crippen LogP contribution is 2.21. The highest BCUT2D eigenvalue weighted by atomic mass is 14.9. The normalized spacial score (nSPS) is 9.65. The van der Waals surface area contributed by atoms with Crippen LogP contribution in [0.5, 0.6) is 0 Å². The van der Waals surface area contributed by atoms with Gasteiger partial charge in [0.1, 0.15) is 0 Å². The topological polar surface area (TPSA) is 61.8 Å². The molecular formula is C14H13N3. The highest BCUT2D eigenvalue weighted by molar-refractivity contribution is 5.65. The van der Waals surface area contributed by atoms with Gasteiger partial charge in [-0.1, -0.05) is 6.07 Å². The van der Waals surface area contributed by atoms with Gasteiger partial charge in [0, 0.05) is 17.1 Å². The van der Waals surface area contributed by atoms with Crippen molar-refractivity contribution < 1.29 is 0 Å². The fraction of sp³-hybridized carbons (Fsp3) is 0.0714. The second-order valence-corrected chi connectivity index (χ2v) is 3.89. The smallest absolute Gasteiger partial charge is 0.0991 e. The lowest BCUT2D eigenvalue weighted by molar-refractivity contribution is 1.45. The SMILES string of the molecule is Cc1ccc(Nc2ccc(C#N)cc2)cc1N. The molecule has 3 nitrogen and oxygen atoms in total. The predicted octanol–water partition coefficient (Wildman–Crippen LogP) is 3.19. The molecule has 2 aromatic carbocycles. The average Bonchev–Trinajstić information content (AvgIpc) is 2.35. The maximum absolute atomic E-state index is 8.70. The Labute approximate surface area is 101 Å². The lowest BCUT2D eigenvalue weighted by atomic mass is 10.1. The monoisotopic (exact) mass is 223 g/mol. The van der Waals surface area contributed by atoms with Crippen LogP contribution in [0.3, 0.4) is 0 Å². The number of benzene rings is 2. The Bertz CT molecular complexity index is 565. The number of hydrogen-bond acceptors (Lipinski definition) is 3. The zero-order valence-electron chi connectivity index (χ0n) is 9.57. The van der Waals surface area contributed by atoms with Crippen molar-refractivity contribution in [2.45, 2.75) is 6.92 Å². The van der Waals surface area contributed by atoms with E-state index in [0.29, 0.717) is 5.56 Å². The van der Waals surface area contributed by atoms with Crippen LogP contribution in [0, 0.1) is 18.3 Å². The average molecular weight is 223 g/mol. The molecule has 2 rings (SSSR count). The van der Waals surface area contributed by atoms with Crippen LogP contribution in [0.25, 0.3) is 0 Å². The Morgan fingerprint density at radius 2 is 1.71 bits per heavy atom. The Morgan fingerprint density at radius 3 is 2.29 bits per heavy atom. The van der Waals surface area contributed by atoms with Gasteiger partial charge >= 0.3 is 0 Å². The van der Waals surface area contributed by atoms with Crippen molar-refractivity contribution in [3.63, 3.8) is 0 Å². The van der Waals surface area contributed by atoms with Gasteiger partial charge in [-0.05, 0) is 48.9 Å². The number of hydrogen-bond donors (Lipinski definition) is 2. The summed E-state index contributed by atoms with van der Waals surface area (Å²) in [4.78, 5) is 0. The molecule has 0 aliphatic rings. The Morgan fingerprint density at radius 1 is 1.06 bits per heavy atom. The van der Waals surface area contributed by atoms with Crippen LogP contribution in [0.1, 0.15) is 11.1 Å². The molecule has 0 heterocycles. The second-order valence-electron chi connectivity index (χ2n) is 3.89. The van der Waals surface area contributed by atoms with Crippen molar-refractivity contribution in [3.8, 4) is 6.07 Å². The first-order valence-corrected chi connectivity index (χ1v) is 5.32. The van der Waals surface area contributed by atoms with Gasteiger partial charge in [-0.15, -0.1) is 0 Å². The second kappa shape index (κ2) is 4.58. The van der Waals surface area contributed by atoms with E-state index in [1.165, 1.54) is 0 Å². The number of nitrogens with one attached hydrogen (secondary N) is 1. The van der Waals surface area contributed by atoms with Crippen molar-refractivity contribution in [2.75, 3.05) is 11.1 Å². The number of nitrogens with two attached hydrogens (primary N) is 1. The van der Waals surface area contributed by atoms with Gasteiger partial charge in [-0.2, -0.15) is 5.26 Å². The van der Waals surface area contributed by atoms with E-state index in [1.807, 2.05) is 37.3 Å². The molecule has 0 radical (unpaired) electrons. The molecule has 2 aromatic rings. The number of rotatable bonds is 2. The van der Waals surface area contributed by atoms with Crippen LogP contribution in [0.15, 0.2) is 42.5 Å². The third-order valence-corrected chi connectivity index (χ3v) is 2.58. The zero-order valence-corrected chi connectivity index (χ0v) is 9.57. The van der Waals surface area contributed by atoms with Crippen LogP contribution < -0.4 is 11.1 Å². The minimum atomic E-state index is 0.652. The maximum Gasteiger partial charge on any atom is 0.0991 e. The molecule has 17 heavy (non-hydrogen) atoms. The summed E-state index contributed by atoms with van der Waals surface area (Å²) in [6.07, 6.45) is 0. The van der Waals surface area contributed by atoms with Gasteiger partial charge in [-0.3, -0.25) is 0 Å². The van der Waals surface area contributed by atoms with Crippen molar-refractivity contribution in [1.82, 2.24) is 0 Å². The first-order chi connectivity index (χ1) is 8.19. The zero-order chi connectivity index (χ0) is 12.3. The molecule has 0 fully saturated rings. The van der Waals surface area contributed by atoms with Crippen molar-refractivity contribution in [2.24, 2.45) is 0 Å². The third kappa shape index (κ3) is 2.56. The molecule has 0 saturated heterocycles. The van der Waals surface area contributed by atoms with E-state index in [9.17, 15) is 0 Å². The third-order valence-electron chi connectivity index (χ3n) is 2.58. The van der Waals surface area contributed by atoms with Gasteiger partial charge in [0.15, 0.2) is 0 Å². The lowest BCUT2D eigenvalue weighted by Gasteiger charge is -2.08. The molecule has 0 saturated carbocycles. The molecule has 0 unspecified atom stereocenters. The van der Waals surface area contributed by atoms with Crippen LogP contribution in [-0.4, -0.2) is 0 Å². The van der Waals surface area contributed by atoms with Crippen LogP contribution in [0.2, 0.25) is 0 Å². The summed E-state index contributed by atoms with van der Waals surface area (Å²) in [5, 5.41) is 11.9. The fourth-order valence-corrected chi connectivity index (χ4v) is 1.51. The van der Waals surface area contributed by atoms with E-state index in [4.69, 9.17) is 11.0 Å². The first-order valence-electron chi connectivity index (χ1n) is 5.32. The summed E-state index contributed by atoms with van der Waals surface area (Å²) < 4.78 is 0. The quantitative estimate of drug-likeness (QED) is 0.768. The molecule has 0 amide bonds. The molecule has 0 atom stereocenters. The van der Waals surface area contributed by atoms with Gasteiger partial charge in [-0.25, -0.2) is 0 Å². The molecule has 0 aliphatic carbocycles. The van der Waals surface area contributed by atoms with Gasteiger partial charge in [0.2, 0.25) is 0 Å². The number of nitrogens with zero attached hydrogens (tertiary/aromatic N) is 1. The maximum atomic E-state index is 8.70. The Kier molecular flexibility index (Phi) is 2.97. The Hall–Kier alpha value is -2.47. The molecule has 0 spiro atoms. The molecule has 3 N–H and O–H groups in total. The summed E-state index contributed by atoms with van der Waals surface area (Å²) in [5.41, 5.74) is 10.2. The van der Waals surface area contributed by atoms with E-state index >= 15 is 0 Å². The summed E-state index contributed by atoms with van der Waals surface area (Å²) in [7, 11) is 0. The largest absolute Gasteiger partial charge is 0.398 e. The molecule has 0 bridgehead atoms. The molecule has 0 aromatic heterocycles. The number of nitrogen functional groups attached to an aromatic ring is 1. The van der Waals surface area contributed by atoms with Crippen molar-refractivity contribution in [3.05, 3.63) is 53.6 Å². The van der Waals surface area contributed by atoms with Crippen LogP contribution in [0.4, 0.5) is 17.1 Å². The number of aryl methyl sites for hydroxylation is 1. The summed E-state index contributed by atoms with van der Waals surface area (Å²) in [6, 6.07) is 15.2. The Balaban J connectivity index is 2.20. The summed E-state index contributed by atoms with van der Waals surface area (Å²) in [6.45, 7) is 1.97. The summed E-state index contributed by atoms with van der Waals surface area (Å²) >= 11 is 0. The first kappa shape index (κ1) is 11.0.